The smallest absolute Gasteiger partial charge is 0.193 e. The van der Waals surface area contributed by atoms with Gasteiger partial charge >= 0.3 is 0 Å². The summed E-state index contributed by atoms with van der Waals surface area (Å²) in [5.41, 5.74) is 4.65. The zero-order valence-electron chi connectivity index (χ0n) is 36.0. The van der Waals surface area contributed by atoms with Crippen LogP contribution in [0.15, 0.2) is 218 Å². The van der Waals surface area contributed by atoms with Crippen molar-refractivity contribution in [2.75, 3.05) is 0 Å². The molecule has 0 saturated heterocycles. The molecule has 0 unspecified atom stereocenters. The van der Waals surface area contributed by atoms with Crippen LogP contribution in [-0.4, -0.2) is 23.1 Å². The largest absolute Gasteiger partial charge is 0.457 e. The number of ether oxygens (including phenoxy) is 2. The molecule has 6 nitrogen and oxygen atoms in total. The lowest BCUT2D eigenvalue weighted by atomic mass is 9.89. The van der Waals surface area contributed by atoms with Gasteiger partial charge in [0.25, 0.3) is 0 Å². The van der Waals surface area contributed by atoms with Crippen molar-refractivity contribution in [2.24, 2.45) is 0 Å². The summed E-state index contributed by atoms with van der Waals surface area (Å²) in [6, 6.07) is 60.4. The Morgan fingerprint density at radius 2 is 0.588 bits per heavy atom. The zero-order chi connectivity index (χ0) is 46.7. The van der Waals surface area contributed by atoms with E-state index in [-0.39, 0.29) is 23.1 Å². The summed E-state index contributed by atoms with van der Waals surface area (Å²) in [7, 11) is 0. The number of carbonyl (C=O) groups is 4. The topological polar surface area (TPSA) is 86.7 Å². The molecular formula is C60H36F2O6. The van der Waals surface area contributed by atoms with Crippen molar-refractivity contribution in [1.29, 1.82) is 0 Å². The molecule has 0 radical (unpaired) electrons. The van der Waals surface area contributed by atoms with Crippen LogP contribution in [0.2, 0.25) is 0 Å². The van der Waals surface area contributed by atoms with Gasteiger partial charge in [0.1, 0.15) is 34.6 Å². The summed E-state index contributed by atoms with van der Waals surface area (Å²) in [6.45, 7) is 0. The standard InChI is InChI=1S/C60H36F2O6/c61-47-23-11-39(12-24-47)59(65)45-19-31-51-43(35-45)21-33-53(67-49-27-15-41(16-28-49)57(63)37-7-3-1-4-8-37)55(51)56-52-32-20-46(60(66)40-13-25-48(62)26-14-40)36-44(52)22-34-54(56)68-50-29-17-42(18-30-50)58(64)38-9-5-2-6-10-38/h1-36H. The third kappa shape index (κ3) is 8.69. The van der Waals surface area contributed by atoms with Crippen LogP contribution in [0.4, 0.5) is 8.78 Å². The average Bonchev–Trinajstić information content (AvgIpc) is 3.39. The Morgan fingerprint density at radius 3 is 0.941 bits per heavy atom. The normalized spacial score (nSPS) is 11.0. The van der Waals surface area contributed by atoms with Crippen molar-refractivity contribution in [3.05, 3.63) is 275 Å². The molecule has 10 aromatic rings. The Morgan fingerprint density at radius 1 is 0.294 bits per heavy atom. The molecule has 0 aliphatic heterocycles. The van der Waals surface area contributed by atoms with E-state index in [9.17, 15) is 28.0 Å². The van der Waals surface area contributed by atoms with Gasteiger partial charge in [0.15, 0.2) is 23.1 Å². The second-order valence-corrected chi connectivity index (χ2v) is 16.1. The highest BCUT2D eigenvalue weighted by molar-refractivity contribution is 6.16. The summed E-state index contributed by atoms with van der Waals surface area (Å²) in [6.07, 6.45) is 0. The first-order valence-corrected chi connectivity index (χ1v) is 21.7. The molecule has 0 N–H and O–H groups in total. The minimum Gasteiger partial charge on any atom is -0.457 e. The van der Waals surface area contributed by atoms with Gasteiger partial charge in [-0.15, -0.1) is 0 Å². The first kappa shape index (κ1) is 42.8. The molecule has 0 atom stereocenters. The van der Waals surface area contributed by atoms with Crippen LogP contribution in [0.3, 0.4) is 0 Å². The van der Waals surface area contributed by atoms with E-state index < -0.39 is 11.6 Å². The predicted octanol–water partition coefficient (Wildman–Crippen LogP) is 14.4. The molecule has 0 bridgehead atoms. The minimum atomic E-state index is -0.452. The lowest BCUT2D eigenvalue weighted by Crippen LogP contribution is -2.03. The van der Waals surface area contributed by atoms with Gasteiger partial charge in [-0.3, -0.25) is 19.2 Å². The molecule has 0 spiro atoms. The Kier molecular flexibility index (Phi) is 11.6. The summed E-state index contributed by atoms with van der Waals surface area (Å²) in [5.74, 6) is -0.0731. The van der Waals surface area contributed by atoms with Gasteiger partial charge in [-0.25, -0.2) is 8.78 Å². The van der Waals surface area contributed by atoms with Gasteiger partial charge in [0, 0.05) is 55.6 Å². The number of benzene rings is 10. The van der Waals surface area contributed by atoms with Crippen LogP contribution in [-0.2, 0) is 0 Å². The number of halogens is 2. The Labute approximate surface area is 389 Å². The fourth-order valence-electron chi connectivity index (χ4n) is 8.24. The van der Waals surface area contributed by atoms with Crippen molar-refractivity contribution in [3.63, 3.8) is 0 Å². The van der Waals surface area contributed by atoms with Gasteiger partial charge < -0.3 is 9.47 Å². The molecule has 326 valence electrons. The molecule has 0 heterocycles. The molecule has 0 fully saturated rings. The maximum Gasteiger partial charge on any atom is 0.193 e. The Hall–Kier alpha value is -9.14. The molecule has 0 aliphatic carbocycles. The maximum absolute atomic E-state index is 13.8. The van der Waals surface area contributed by atoms with E-state index in [0.29, 0.717) is 100 Å². The van der Waals surface area contributed by atoms with E-state index in [1.807, 2.05) is 60.7 Å². The molecule has 0 amide bonds. The molecule has 0 aromatic heterocycles. The van der Waals surface area contributed by atoms with Gasteiger partial charge in [-0.1, -0.05) is 97.1 Å². The summed E-state index contributed by atoms with van der Waals surface area (Å²) in [4.78, 5) is 54.2. The highest BCUT2D eigenvalue weighted by atomic mass is 19.1. The van der Waals surface area contributed by atoms with Crippen molar-refractivity contribution in [2.45, 2.75) is 0 Å². The first-order valence-electron chi connectivity index (χ1n) is 21.7. The summed E-state index contributed by atoms with van der Waals surface area (Å²) < 4.78 is 41.2. The molecule has 10 aromatic carbocycles. The lowest BCUT2D eigenvalue weighted by Gasteiger charge is -2.20. The highest BCUT2D eigenvalue weighted by Crippen LogP contribution is 2.48. The van der Waals surface area contributed by atoms with Gasteiger partial charge in [-0.05, 0) is 143 Å². The second-order valence-electron chi connectivity index (χ2n) is 16.1. The number of ketones is 4. The fourth-order valence-corrected chi connectivity index (χ4v) is 8.24. The van der Waals surface area contributed by atoms with Crippen LogP contribution in [0.1, 0.15) is 63.7 Å². The van der Waals surface area contributed by atoms with Crippen molar-refractivity contribution >= 4 is 44.7 Å². The minimum absolute atomic E-state index is 0.137. The number of carbonyl (C=O) groups excluding carboxylic acids is 4. The summed E-state index contributed by atoms with van der Waals surface area (Å²) >= 11 is 0. The number of rotatable bonds is 13. The number of hydrogen-bond acceptors (Lipinski definition) is 6. The molecular weight excluding hydrogens is 855 g/mol. The lowest BCUT2D eigenvalue weighted by molar-refractivity contribution is 0.103. The summed E-state index contributed by atoms with van der Waals surface area (Å²) in [5, 5.41) is 2.72. The van der Waals surface area contributed by atoms with E-state index in [1.54, 1.807) is 109 Å². The zero-order valence-corrected chi connectivity index (χ0v) is 36.0. The average molecular weight is 891 g/mol. The Bertz CT molecular complexity index is 3310. The Balaban J connectivity index is 1.13. The highest BCUT2D eigenvalue weighted by Gasteiger charge is 2.23. The molecule has 0 aliphatic rings. The monoisotopic (exact) mass is 890 g/mol. The molecule has 0 saturated carbocycles. The third-order valence-corrected chi connectivity index (χ3v) is 11.7. The molecule has 68 heavy (non-hydrogen) atoms. The van der Waals surface area contributed by atoms with Crippen LogP contribution in [0.25, 0.3) is 32.7 Å². The van der Waals surface area contributed by atoms with E-state index in [2.05, 4.69) is 0 Å². The van der Waals surface area contributed by atoms with Gasteiger partial charge in [0.2, 0.25) is 0 Å². The SMILES string of the molecule is O=C(c1ccccc1)c1ccc(Oc2ccc3cc(C(=O)c4ccc(F)cc4)ccc3c2-c2c(Oc3ccc(C(=O)c4ccccc4)cc3)ccc3cc(C(=O)c4ccc(F)cc4)ccc23)cc1. The molecule has 8 heteroatoms. The van der Waals surface area contributed by atoms with Crippen molar-refractivity contribution in [1.82, 2.24) is 0 Å². The van der Waals surface area contributed by atoms with Crippen molar-refractivity contribution < 1.29 is 37.4 Å². The van der Waals surface area contributed by atoms with Crippen LogP contribution in [0.5, 0.6) is 23.0 Å². The fraction of sp³-hybridized carbons (Fsp3) is 0. The first-order chi connectivity index (χ1) is 33.2. The van der Waals surface area contributed by atoms with Gasteiger partial charge in [0.05, 0.1) is 0 Å². The maximum atomic E-state index is 13.8. The van der Waals surface area contributed by atoms with Crippen LogP contribution >= 0.6 is 0 Å². The quantitative estimate of drug-likeness (QED) is 0.107. The van der Waals surface area contributed by atoms with E-state index >= 15 is 0 Å². The van der Waals surface area contributed by atoms with E-state index in [4.69, 9.17) is 9.47 Å². The number of hydrogen-bond donors (Lipinski definition) is 0. The number of fused-ring (bicyclic) bond motifs is 2. The van der Waals surface area contributed by atoms with Crippen LogP contribution in [0, 0.1) is 11.6 Å². The van der Waals surface area contributed by atoms with E-state index in [1.165, 1.54) is 48.5 Å². The van der Waals surface area contributed by atoms with Crippen molar-refractivity contribution in [3.8, 4) is 34.1 Å². The third-order valence-electron chi connectivity index (χ3n) is 11.7. The second kappa shape index (κ2) is 18.4. The van der Waals surface area contributed by atoms with E-state index in [0.717, 1.165) is 0 Å². The van der Waals surface area contributed by atoms with Crippen LogP contribution < -0.4 is 9.47 Å². The van der Waals surface area contributed by atoms with Gasteiger partial charge in [-0.2, -0.15) is 0 Å². The molecule has 10 rings (SSSR count). The predicted molar refractivity (Wildman–Crippen MR) is 259 cm³/mol.